The van der Waals surface area contributed by atoms with Crippen LogP contribution in [0.25, 0.3) is 11.0 Å². The number of rotatable bonds is 5. The van der Waals surface area contributed by atoms with E-state index in [2.05, 4.69) is 15.3 Å². The van der Waals surface area contributed by atoms with E-state index in [0.29, 0.717) is 24.4 Å². The Morgan fingerprint density at radius 3 is 3.12 bits per heavy atom. The number of anilines is 1. The van der Waals surface area contributed by atoms with Gasteiger partial charge in [-0.3, -0.25) is 0 Å². The van der Waals surface area contributed by atoms with Gasteiger partial charge >= 0.3 is 0 Å². The SMILES string of the molecule is CCC(O)CCNc1nc2ccc(F)cc2[nH]1. The molecule has 0 amide bonds. The zero-order chi connectivity index (χ0) is 12.3. The number of H-pyrrole nitrogens is 1. The predicted octanol–water partition coefficient (Wildman–Crippen LogP) is 2.27. The highest BCUT2D eigenvalue weighted by atomic mass is 19.1. The van der Waals surface area contributed by atoms with Crippen LogP contribution in [0, 0.1) is 5.82 Å². The van der Waals surface area contributed by atoms with Crippen molar-refractivity contribution in [2.24, 2.45) is 0 Å². The van der Waals surface area contributed by atoms with Crippen molar-refractivity contribution in [3.05, 3.63) is 24.0 Å². The zero-order valence-electron chi connectivity index (χ0n) is 9.70. The minimum atomic E-state index is -0.288. The first-order chi connectivity index (χ1) is 8.19. The van der Waals surface area contributed by atoms with Crippen molar-refractivity contribution < 1.29 is 9.50 Å². The Balaban J connectivity index is 1.99. The van der Waals surface area contributed by atoms with E-state index in [4.69, 9.17) is 0 Å². The molecule has 1 heterocycles. The van der Waals surface area contributed by atoms with Crippen molar-refractivity contribution in [2.75, 3.05) is 11.9 Å². The molecule has 0 saturated heterocycles. The van der Waals surface area contributed by atoms with Gasteiger partial charge in [-0.05, 0) is 31.0 Å². The molecule has 92 valence electrons. The lowest BCUT2D eigenvalue weighted by Crippen LogP contribution is -2.12. The number of hydrogen-bond donors (Lipinski definition) is 3. The predicted molar refractivity (Wildman–Crippen MR) is 65.5 cm³/mol. The average molecular weight is 237 g/mol. The summed E-state index contributed by atoms with van der Waals surface area (Å²) in [5.41, 5.74) is 1.40. The van der Waals surface area contributed by atoms with E-state index in [1.165, 1.54) is 12.1 Å². The van der Waals surface area contributed by atoms with Gasteiger partial charge in [-0.2, -0.15) is 0 Å². The van der Waals surface area contributed by atoms with E-state index in [1.807, 2.05) is 6.92 Å². The monoisotopic (exact) mass is 237 g/mol. The number of nitrogens with zero attached hydrogens (tertiary/aromatic N) is 1. The molecule has 17 heavy (non-hydrogen) atoms. The number of halogens is 1. The summed E-state index contributed by atoms with van der Waals surface area (Å²) in [5.74, 6) is 0.322. The number of fused-ring (bicyclic) bond motifs is 1. The maximum Gasteiger partial charge on any atom is 0.201 e. The Labute approximate surface area is 98.9 Å². The second kappa shape index (κ2) is 5.14. The summed E-state index contributed by atoms with van der Waals surface area (Å²) in [7, 11) is 0. The average Bonchev–Trinajstić information content (AvgIpc) is 2.70. The maximum absolute atomic E-state index is 12.9. The molecule has 2 rings (SSSR count). The first-order valence-electron chi connectivity index (χ1n) is 5.76. The molecule has 5 heteroatoms. The van der Waals surface area contributed by atoms with Gasteiger partial charge in [-0.25, -0.2) is 9.37 Å². The molecular weight excluding hydrogens is 221 g/mol. The number of aliphatic hydroxyl groups excluding tert-OH is 1. The van der Waals surface area contributed by atoms with Crippen LogP contribution in [-0.2, 0) is 0 Å². The number of benzene rings is 1. The first kappa shape index (κ1) is 11.9. The van der Waals surface area contributed by atoms with Crippen LogP contribution in [0.5, 0.6) is 0 Å². The summed E-state index contributed by atoms with van der Waals surface area (Å²) in [6.07, 6.45) is 1.12. The molecule has 1 aromatic carbocycles. The lowest BCUT2D eigenvalue weighted by atomic mass is 10.2. The normalized spacial score (nSPS) is 12.9. The summed E-state index contributed by atoms with van der Waals surface area (Å²) in [6.45, 7) is 2.58. The lowest BCUT2D eigenvalue weighted by Gasteiger charge is -2.07. The van der Waals surface area contributed by atoms with E-state index in [1.54, 1.807) is 6.07 Å². The van der Waals surface area contributed by atoms with E-state index < -0.39 is 0 Å². The zero-order valence-corrected chi connectivity index (χ0v) is 9.70. The second-order valence-electron chi connectivity index (χ2n) is 4.02. The fourth-order valence-corrected chi connectivity index (χ4v) is 1.63. The Bertz CT molecular complexity index is 497. The van der Waals surface area contributed by atoms with Crippen LogP contribution in [0.2, 0.25) is 0 Å². The lowest BCUT2D eigenvalue weighted by molar-refractivity contribution is 0.164. The summed E-state index contributed by atoms with van der Waals surface area (Å²) in [5, 5.41) is 12.5. The summed E-state index contributed by atoms with van der Waals surface area (Å²) >= 11 is 0. The molecule has 4 nitrogen and oxygen atoms in total. The number of aliphatic hydroxyl groups is 1. The molecule has 1 atom stereocenters. The van der Waals surface area contributed by atoms with Gasteiger partial charge in [0.1, 0.15) is 5.82 Å². The Morgan fingerprint density at radius 1 is 1.53 bits per heavy atom. The van der Waals surface area contributed by atoms with Gasteiger partial charge in [0.15, 0.2) is 0 Å². The van der Waals surface area contributed by atoms with Crippen LogP contribution in [0.3, 0.4) is 0 Å². The van der Waals surface area contributed by atoms with Crippen LogP contribution in [0.4, 0.5) is 10.3 Å². The third kappa shape index (κ3) is 2.94. The maximum atomic E-state index is 12.9. The number of hydrogen-bond acceptors (Lipinski definition) is 3. The van der Waals surface area contributed by atoms with Crippen molar-refractivity contribution in [1.29, 1.82) is 0 Å². The summed E-state index contributed by atoms with van der Waals surface area (Å²) in [4.78, 5) is 7.25. The summed E-state index contributed by atoms with van der Waals surface area (Å²) in [6, 6.07) is 4.43. The van der Waals surface area contributed by atoms with Crippen molar-refractivity contribution in [1.82, 2.24) is 9.97 Å². The molecule has 0 saturated carbocycles. The molecule has 1 unspecified atom stereocenters. The highest BCUT2D eigenvalue weighted by Gasteiger charge is 2.04. The van der Waals surface area contributed by atoms with Gasteiger partial charge in [0.05, 0.1) is 17.1 Å². The van der Waals surface area contributed by atoms with E-state index >= 15 is 0 Å². The van der Waals surface area contributed by atoms with Crippen LogP contribution in [-0.4, -0.2) is 27.7 Å². The van der Waals surface area contributed by atoms with Crippen LogP contribution >= 0.6 is 0 Å². The van der Waals surface area contributed by atoms with E-state index in [0.717, 1.165) is 11.9 Å². The van der Waals surface area contributed by atoms with Crippen LogP contribution < -0.4 is 5.32 Å². The van der Waals surface area contributed by atoms with Crippen molar-refractivity contribution in [3.63, 3.8) is 0 Å². The van der Waals surface area contributed by atoms with Crippen LogP contribution in [0.1, 0.15) is 19.8 Å². The van der Waals surface area contributed by atoms with Gasteiger partial charge in [0.2, 0.25) is 5.95 Å². The third-order valence-corrected chi connectivity index (χ3v) is 2.69. The fourth-order valence-electron chi connectivity index (χ4n) is 1.63. The Hall–Kier alpha value is -1.62. The molecule has 0 fully saturated rings. The molecular formula is C12H16FN3O. The summed E-state index contributed by atoms with van der Waals surface area (Å²) < 4.78 is 12.9. The van der Waals surface area contributed by atoms with E-state index in [-0.39, 0.29) is 11.9 Å². The van der Waals surface area contributed by atoms with Gasteiger partial charge in [-0.15, -0.1) is 0 Å². The molecule has 2 aromatic rings. The highest BCUT2D eigenvalue weighted by Crippen LogP contribution is 2.15. The topological polar surface area (TPSA) is 60.9 Å². The molecule has 3 N–H and O–H groups in total. The Kier molecular flexibility index (Phi) is 3.58. The minimum Gasteiger partial charge on any atom is -0.393 e. The van der Waals surface area contributed by atoms with Crippen molar-refractivity contribution in [3.8, 4) is 0 Å². The third-order valence-electron chi connectivity index (χ3n) is 2.69. The molecule has 0 aliphatic carbocycles. The molecule has 0 radical (unpaired) electrons. The number of nitrogens with one attached hydrogen (secondary N) is 2. The Morgan fingerprint density at radius 2 is 2.35 bits per heavy atom. The highest BCUT2D eigenvalue weighted by molar-refractivity contribution is 5.77. The number of imidazole rings is 1. The van der Waals surface area contributed by atoms with Gasteiger partial charge in [0, 0.05) is 6.54 Å². The molecule has 1 aromatic heterocycles. The molecule has 0 spiro atoms. The van der Waals surface area contributed by atoms with Gasteiger partial charge < -0.3 is 15.4 Å². The minimum absolute atomic E-state index is 0.283. The first-order valence-corrected chi connectivity index (χ1v) is 5.76. The van der Waals surface area contributed by atoms with Gasteiger partial charge in [-0.1, -0.05) is 6.92 Å². The van der Waals surface area contributed by atoms with Gasteiger partial charge in [0.25, 0.3) is 0 Å². The fraction of sp³-hybridized carbons (Fsp3) is 0.417. The molecule has 0 aliphatic heterocycles. The van der Waals surface area contributed by atoms with Crippen molar-refractivity contribution in [2.45, 2.75) is 25.9 Å². The second-order valence-corrected chi connectivity index (χ2v) is 4.02. The van der Waals surface area contributed by atoms with Crippen LogP contribution in [0.15, 0.2) is 18.2 Å². The standard InChI is InChI=1S/C12H16FN3O/c1-2-9(17)5-6-14-12-15-10-4-3-8(13)7-11(10)16-12/h3-4,7,9,17H,2,5-6H2,1H3,(H2,14,15,16). The molecule has 0 bridgehead atoms. The number of aromatic amines is 1. The quantitative estimate of drug-likeness (QED) is 0.747. The van der Waals surface area contributed by atoms with Crippen molar-refractivity contribution >= 4 is 17.0 Å². The molecule has 0 aliphatic rings. The smallest absolute Gasteiger partial charge is 0.201 e. The van der Waals surface area contributed by atoms with E-state index in [9.17, 15) is 9.50 Å². The largest absolute Gasteiger partial charge is 0.393 e. The number of aromatic nitrogens is 2.